The molecule has 0 atom stereocenters. The van der Waals surface area contributed by atoms with Crippen molar-refractivity contribution >= 4 is 21.9 Å². The van der Waals surface area contributed by atoms with E-state index in [1.807, 2.05) is 36.4 Å². The molecule has 0 saturated carbocycles. The second-order valence-corrected chi connectivity index (χ2v) is 8.91. The van der Waals surface area contributed by atoms with Crippen LogP contribution in [0.4, 0.5) is 0 Å². The summed E-state index contributed by atoms with van der Waals surface area (Å²) >= 11 is 3.95. The molecular formula is C12H12BrN3P+. The summed E-state index contributed by atoms with van der Waals surface area (Å²) in [6.07, 6.45) is 10.7. The van der Waals surface area contributed by atoms with Crippen molar-refractivity contribution in [2.45, 2.75) is 0 Å². The average Bonchev–Trinajstić information content (AvgIpc) is 3.10. The first kappa shape index (κ1) is 10.9. The molecule has 17 heavy (non-hydrogen) atoms. The summed E-state index contributed by atoms with van der Waals surface area (Å²) in [4.78, 5) is 0. The van der Waals surface area contributed by atoms with Gasteiger partial charge in [-0.15, -0.1) is 0 Å². The second kappa shape index (κ2) is 4.21. The minimum absolute atomic E-state index is 1.82. The summed E-state index contributed by atoms with van der Waals surface area (Å²) in [5.41, 5.74) is 0. The third kappa shape index (κ3) is 1.68. The molecule has 3 rings (SSSR count). The Labute approximate surface area is 109 Å². The van der Waals surface area contributed by atoms with Gasteiger partial charge in [-0.3, -0.25) is 0 Å². The van der Waals surface area contributed by atoms with Gasteiger partial charge in [-0.05, 0) is 36.4 Å². The number of nitrogens with zero attached hydrogens (tertiary/aromatic N) is 3. The molecule has 0 fully saturated rings. The molecule has 3 nitrogen and oxygen atoms in total. The van der Waals surface area contributed by atoms with Gasteiger partial charge in [-0.1, -0.05) is 0 Å². The van der Waals surface area contributed by atoms with Gasteiger partial charge in [0.1, 0.15) is 0 Å². The van der Waals surface area contributed by atoms with E-state index in [1.54, 1.807) is 0 Å². The van der Waals surface area contributed by atoms with E-state index in [9.17, 15) is 0 Å². The van der Waals surface area contributed by atoms with Crippen molar-refractivity contribution in [3.8, 4) is 0 Å². The van der Waals surface area contributed by atoms with Crippen molar-refractivity contribution in [1.82, 2.24) is 13.0 Å². The minimum atomic E-state index is -1.82. The predicted molar refractivity (Wildman–Crippen MR) is 75.3 cm³/mol. The van der Waals surface area contributed by atoms with Gasteiger partial charge in [-0.2, -0.15) is 13.0 Å². The summed E-state index contributed by atoms with van der Waals surface area (Å²) in [5, 5.41) is 0. The number of halogens is 1. The molecule has 0 N–H and O–H groups in total. The maximum absolute atomic E-state index is 3.95. The van der Waals surface area contributed by atoms with Crippen LogP contribution >= 0.6 is 21.9 Å². The average molecular weight is 309 g/mol. The van der Waals surface area contributed by atoms with E-state index in [-0.39, 0.29) is 0 Å². The van der Waals surface area contributed by atoms with Crippen LogP contribution in [-0.4, -0.2) is 13.0 Å². The predicted octanol–water partition coefficient (Wildman–Crippen LogP) is 4.11. The fourth-order valence-electron chi connectivity index (χ4n) is 1.84. The summed E-state index contributed by atoms with van der Waals surface area (Å²) in [6.45, 7) is 0. The Morgan fingerprint density at radius 2 is 0.765 bits per heavy atom. The first-order valence-corrected chi connectivity index (χ1v) is 8.98. The van der Waals surface area contributed by atoms with Crippen molar-refractivity contribution in [2.24, 2.45) is 0 Å². The first-order valence-electron chi connectivity index (χ1n) is 5.32. The Kier molecular flexibility index (Phi) is 2.69. The molecule has 0 unspecified atom stereocenters. The third-order valence-corrected chi connectivity index (χ3v) is 8.51. The SMILES string of the molecule is Br[P+](n1cccc1)(n1cccc1)n1cccc1. The molecule has 3 aromatic rings. The molecular weight excluding hydrogens is 297 g/mol. The molecule has 0 saturated heterocycles. The largest absolute Gasteiger partial charge is 0.379 e. The van der Waals surface area contributed by atoms with Gasteiger partial charge in [0.05, 0.1) is 0 Å². The van der Waals surface area contributed by atoms with E-state index >= 15 is 0 Å². The molecule has 86 valence electrons. The van der Waals surface area contributed by atoms with Crippen LogP contribution < -0.4 is 0 Å². The summed E-state index contributed by atoms with van der Waals surface area (Å²) in [6, 6.07) is 12.3. The number of hydrogen-bond acceptors (Lipinski definition) is 0. The maximum Gasteiger partial charge on any atom is 0.379 e. The van der Waals surface area contributed by atoms with Crippen molar-refractivity contribution < 1.29 is 0 Å². The van der Waals surface area contributed by atoms with Crippen LogP contribution in [0.5, 0.6) is 0 Å². The van der Waals surface area contributed by atoms with Crippen LogP contribution in [0.3, 0.4) is 0 Å². The number of aromatic nitrogens is 3. The summed E-state index contributed by atoms with van der Waals surface area (Å²) in [5.74, 6) is 0. The zero-order chi connectivity index (χ0) is 11.7. The Hall–Kier alpha value is -1.25. The monoisotopic (exact) mass is 308 g/mol. The molecule has 0 aliphatic rings. The van der Waals surface area contributed by atoms with E-state index in [2.05, 4.69) is 65.7 Å². The molecule has 0 aliphatic heterocycles. The fraction of sp³-hybridized carbons (Fsp3) is 0. The lowest BCUT2D eigenvalue weighted by atomic mass is 10.7. The standard InChI is InChI=1S/C12H12BrN3P/c13-17(14-7-1-2-8-14,15-9-3-4-10-15)16-11-5-6-12-16/h1-12H/q+1. The highest BCUT2D eigenvalue weighted by Gasteiger charge is 2.42. The van der Waals surface area contributed by atoms with Crippen LogP contribution in [0, 0.1) is 0 Å². The molecule has 3 aromatic heterocycles. The first-order chi connectivity index (χ1) is 8.32. The van der Waals surface area contributed by atoms with Crippen LogP contribution in [0.1, 0.15) is 0 Å². The lowest BCUT2D eigenvalue weighted by Crippen LogP contribution is -2.11. The number of hydrogen-bond donors (Lipinski definition) is 0. The minimum Gasteiger partial charge on any atom is -0.182 e. The van der Waals surface area contributed by atoms with Crippen LogP contribution in [-0.2, 0) is 0 Å². The zero-order valence-electron chi connectivity index (χ0n) is 9.10. The van der Waals surface area contributed by atoms with Gasteiger partial charge in [-0.25, -0.2) is 0 Å². The molecule has 0 aromatic carbocycles. The van der Waals surface area contributed by atoms with Crippen molar-refractivity contribution in [3.63, 3.8) is 0 Å². The molecule has 0 radical (unpaired) electrons. The molecule has 0 spiro atoms. The normalized spacial score (nSPS) is 11.8. The quantitative estimate of drug-likeness (QED) is 0.647. The van der Waals surface area contributed by atoms with Gasteiger partial charge < -0.3 is 0 Å². The van der Waals surface area contributed by atoms with E-state index in [0.717, 1.165) is 0 Å². The van der Waals surface area contributed by atoms with E-state index < -0.39 is 6.42 Å². The highest BCUT2D eigenvalue weighted by molar-refractivity contribution is 9.41. The van der Waals surface area contributed by atoms with E-state index in [4.69, 9.17) is 0 Å². The topological polar surface area (TPSA) is 14.8 Å². The van der Waals surface area contributed by atoms with Gasteiger partial charge in [0.15, 0.2) is 0 Å². The Morgan fingerprint density at radius 3 is 1.00 bits per heavy atom. The van der Waals surface area contributed by atoms with Crippen molar-refractivity contribution in [2.75, 3.05) is 0 Å². The summed E-state index contributed by atoms with van der Waals surface area (Å²) < 4.78 is 6.65. The second-order valence-electron chi connectivity index (χ2n) is 3.68. The smallest absolute Gasteiger partial charge is 0.182 e. The molecule has 5 heteroatoms. The molecule has 3 heterocycles. The maximum atomic E-state index is 3.95. The van der Waals surface area contributed by atoms with Crippen LogP contribution in [0.15, 0.2) is 73.6 Å². The molecule has 0 amide bonds. The van der Waals surface area contributed by atoms with Gasteiger partial charge in [0, 0.05) is 37.2 Å². The van der Waals surface area contributed by atoms with Crippen molar-refractivity contribution in [3.05, 3.63) is 73.6 Å². The highest BCUT2D eigenvalue weighted by atomic mass is 79.9. The molecule has 0 aliphatic carbocycles. The lowest BCUT2D eigenvalue weighted by Gasteiger charge is -2.21. The third-order valence-electron chi connectivity index (χ3n) is 2.65. The summed E-state index contributed by atoms with van der Waals surface area (Å²) in [7, 11) is 0. The van der Waals surface area contributed by atoms with Crippen LogP contribution in [0.25, 0.3) is 0 Å². The van der Waals surface area contributed by atoms with Gasteiger partial charge in [0.2, 0.25) is 15.5 Å². The van der Waals surface area contributed by atoms with E-state index in [0.29, 0.717) is 0 Å². The zero-order valence-corrected chi connectivity index (χ0v) is 11.6. The van der Waals surface area contributed by atoms with E-state index in [1.165, 1.54) is 0 Å². The Balaban J connectivity index is 2.21. The Bertz CT molecular complexity index is 485. The van der Waals surface area contributed by atoms with Crippen molar-refractivity contribution in [1.29, 1.82) is 0 Å². The Morgan fingerprint density at radius 1 is 0.529 bits per heavy atom. The lowest BCUT2D eigenvalue weighted by molar-refractivity contribution is 1.04. The fourth-order valence-corrected chi connectivity index (χ4v) is 5.94. The molecule has 0 bridgehead atoms. The van der Waals surface area contributed by atoms with Crippen LogP contribution in [0.2, 0.25) is 0 Å². The number of rotatable bonds is 3. The van der Waals surface area contributed by atoms with Gasteiger partial charge >= 0.3 is 6.42 Å². The van der Waals surface area contributed by atoms with Gasteiger partial charge in [0.25, 0.3) is 0 Å². The highest BCUT2D eigenvalue weighted by Crippen LogP contribution is 2.68.